The Morgan fingerprint density at radius 2 is 1.86 bits per heavy atom. The zero-order valence-corrected chi connectivity index (χ0v) is 13.6. The van der Waals surface area contributed by atoms with Crippen molar-refractivity contribution in [3.05, 3.63) is 58.1 Å². The molecule has 2 nitrogen and oxygen atoms in total. The van der Waals surface area contributed by atoms with Gasteiger partial charge in [0.2, 0.25) is 0 Å². The van der Waals surface area contributed by atoms with Gasteiger partial charge in [-0.1, -0.05) is 30.7 Å². The third-order valence-electron chi connectivity index (χ3n) is 3.70. The topological polar surface area (TPSA) is 35.2 Å². The Labute approximate surface area is 131 Å². The molecule has 0 bridgehead atoms. The first kappa shape index (κ1) is 15.9. The van der Waals surface area contributed by atoms with Crippen LogP contribution in [0.1, 0.15) is 30.0 Å². The third-order valence-corrected chi connectivity index (χ3v) is 3.93. The molecule has 112 valence electrons. The van der Waals surface area contributed by atoms with Crippen LogP contribution >= 0.6 is 11.6 Å². The number of hydrogen-bond acceptors (Lipinski definition) is 2. The Hall–Kier alpha value is -1.51. The summed E-state index contributed by atoms with van der Waals surface area (Å²) >= 11 is 6.02. The van der Waals surface area contributed by atoms with Crippen LogP contribution in [0.3, 0.4) is 0 Å². The largest absolute Gasteiger partial charge is 0.457 e. The Bertz CT molecular complexity index is 625. The van der Waals surface area contributed by atoms with Crippen LogP contribution in [0.25, 0.3) is 0 Å². The molecule has 2 aromatic carbocycles. The molecule has 0 spiro atoms. The average Bonchev–Trinajstić information content (AvgIpc) is 2.45. The maximum absolute atomic E-state index is 6.03. The van der Waals surface area contributed by atoms with Gasteiger partial charge in [0.05, 0.1) is 0 Å². The molecule has 21 heavy (non-hydrogen) atoms. The van der Waals surface area contributed by atoms with Crippen molar-refractivity contribution in [1.29, 1.82) is 0 Å². The molecule has 0 amide bonds. The lowest BCUT2D eigenvalue weighted by molar-refractivity contribution is 0.478. The number of nitrogens with two attached hydrogens (primary N) is 1. The molecule has 0 radical (unpaired) electrons. The van der Waals surface area contributed by atoms with Crippen LogP contribution in [-0.4, -0.2) is 6.04 Å². The average molecular weight is 304 g/mol. The molecule has 2 rings (SSSR count). The molecule has 0 saturated heterocycles. The molecule has 0 aliphatic heterocycles. The van der Waals surface area contributed by atoms with Gasteiger partial charge in [0.25, 0.3) is 0 Å². The highest BCUT2D eigenvalue weighted by atomic mass is 35.5. The van der Waals surface area contributed by atoms with E-state index in [-0.39, 0.29) is 6.04 Å². The Morgan fingerprint density at radius 1 is 1.10 bits per heavy atom. The standard InChI is InChI=1S/C18H22ClNO/c1-4-16(20)10-14-6-8-17(9-13(14)3)21-18-11-15(19)7-5-12(18)2/h5-9,11,16H,4,10,20H2,1-3H3. The zero-order valence-electron chi connectivity index (χ0n) is 12.8. The van der Waals surface area contributed by atoms with E-state index in [0.717, 1.165) is 29.9 Å². The van der Waals surface area contributed by atoms with Gasteiger partial charge in [-0.25, -0.2) is 0 Å². The van der Waals surface area contributed by atoms with Gasteiger partial charge in [-0.15, -0.1) is 0 Å². The van der Waals surface area contributed by atoms with Crippen LogP contribution in [0.5, 0.6) is 11.5 Å². The van der Waals surface area contributed by atoms with Crippen molar-refractivity contribution in [2.45, 2.75) is 39.7 Å². The first-order valence-electron chi connectivity index (χ1n) is 7.28. The molecule has 1 atom stereocenters. The summed E-state index contributed by atoms with van der Waals surface area (Å²) in [4.78, 5) is 0. The minimum atomic E-state index is 0.214. The van der Waals surface area contributed by atoms with Crippen molar-refractivity contribution >= 4 is 11.6 Å². The number of halogens is 1. The van der Waals surface area contributed by atoms with E-state index >= 15 is 0 Å². The quantitative estimate of drug-likeness (QED) is 0.841. The van der Waals surface area contributed by atoms with Gasteiger partial charge in [-0.3, -0.25) is 0 Å². The molecule has 0 aromatic heterocycles. The highest BCUT2D eigenvalue weighted by Gasteiger charge is 2.07. The number of benzene rings is 2. The second kappa shape index (κ2) is 6.97. The highest BCUT2D eigenvalue weighted by Crippen LogP contribution is 2.29. The van der Waals surface area contributed by atoms with Crippen molar-refractivity contribution < 1.29 is 4.74 Å². The van der Waals surface area contributed by atoms with E-state index in [1.807, 2.05) is 31.2 Å². The van der Waals surface area contributed by atoms with Crippen molar-refractivity contribution in [3.8, 4) is 11.5 Å². The first-order valence-corrected chi connectivity index (χ1v) is 7.66. The van der Waals surface area contributed by atoms with Gasteiger partial charge in [-0.05, 0) is 67.6 Å². The van der Waals surface area contributed by atoms with Crippen LogP contribution in [0.4, 0.5) is 0 Å². The molecular formula is C18H22ClNO. The van der Waals surface area contributed by atoms with Gasteiger partial charge in [0.1, 0.15) is 11.5 Å². The molecule has 0 saturated carbocycles. The minimum Gasteiger partial charge on any atom is -0.457 e. The fourth-order valence-electron chi connectivity index (χ4n) is 2.20. The fourth-order valence-corrected chi connectivity index (χ4v) is 2.36. The van der Waals surface area contributed by atoms with Crippen LogP contribution in [-0.2, 0) is 6.42 Å². The summed E-state index contributed by atoms with van der Waals surface area (Å²) in [6, 6.07) is 12.0. The van der Waals surface area contributed by atoms with Crippen molar-refractivity contribution in [1.82, 2.24) is 0 Å². The molecule has 2 aromatic rings. The summed E-state index contributed by atoms with van der Waals surface area (Å²) < 4.78 is 5.94. The summed E-state index contributed by atoms with van der Waals surface area (Å²) in [7, 11) is 0. The Kier molecular flexibility index (Phi) is 5.27. The van der Waals surface area contributed by atoms with Gasteiger partial charge in [0, 0.05) is 11.1 Å². The highest BCUT2D eigenvalue weighted by molar-refractivity contribution is 6.30. The maximum Gasteiger partial charge on any atom is 0.131 e. The number of rotatable bonds is 5. The van der Waals surface area contributed by atoms with Gasteiger partial charge >= 0.3 is 0 Å². The Balaban J connectivity index is 2.18. The summed E-state index contributed by atoms with van der Waals surface area (Å²) in [5, 5.41) is 0.679. The number of hydrogen-bond donors (Lipinski definition) is 1. The second-order valence-corrected chi connectivity index (χ2v) is 5.91. The van der Waals surface area contributed by atoms with Gasteiger partial charge in [0.15, 0.2) is 0 Å². The van der Waals surface area contributed by atoms with E-state index in [1.54, 1.807) is 0 Å². The minimum absolute atomic E-state index is 0.214. The Morgan fingerprint density at radius 3 is 2.52 bits per heavy atom. The van der Waals surface area contributed by atoms with Crippen molar-refractivity contribution in [3.63, 3.8) is 0 Å². The number of ether oxygens (including phenoxy) is 1. The van der Waals surface area contributed by atoms with Crippen LogP contribution in [0, 0.1) is 13.8 Å². The summed E-state index contributed by atoms with van der Waals surface area (Å²) in [6.45, 7) is 6.21. The van der Waals surface area contributed by atoms with E-state index in [1.165, 1.54) is 11.1 Å². The molecule has 1 unspecified atom stereocenters. The first-order chi connectivity index (χ1) is 9.99. The summed E-state index contributed by atoms with van der Waals surface area (Å²) in [6.07, 6.45) is 1.89. The lowest BCUT2D eigenvalue weighted by atomic mass is 10.00. The fraction of sp³-hybridized carbons (Fsp3) is 0.333. The number of aryl methyl sites for hydroxylation is 2. The molecular weight excluding hydrogens is 282 g/mol. The van der Waals surface area contributed by atoms with Gasteiger partial charge in [-0.2, -0.15) is 0 Å². The molecule has 2 N–H and O–H groups in total. The second-order valence-electron chi connectivity index (χ2n) is 5.47. The smallest absolute Gasteiger partial charge is 0.131 e. The summed E-state index contributed by atoms with van der Waals surface area (Å²) in [5.41, 5.74) is 9.57. The monoisotopic (exact) mass is 303 g/mol. The van der Waals surface area contributed by atoms with Crippen LogP contribution in [0.2, 0.25) is 5.02 Å². The molecule has 0 heterocycles. The third kappa shape index (κ3) is 4.23. The maximum atomic E-state index is 6.03. The normalized spacial score (nSPS) is 12.2. The van der Waals surface area contributed by atoms with Crippen LogP contribution < -0.4 is 10.5 Å². The summed E-state index contributed by atoms with van der Waals surface area (Å²) in [5.74, 6) is 1.62. The SMILES string of the molecule is CCC(N)Cc1ccc(Oc2cc(Cl)ccc2C)cc1C. The lowest BCUT2D eigenvalue weighted by Gasteiger charge is -2.14. The van der Waals surface area contributed by atoms with Crippen molar-refractivity contribution in [2.24, 2.45) is 5.73 Å². The van der Waals surface area contributed by atoms with E-state index in [2.05, 4.69) is 26.0 Å². The van der Waals surface area contributed by atoms with E-state index in [4.69, 9.17) is 22.1 Å². The van der Waals surface area contributed by atoms with Crippen LogP contribution in [0.15, 0.2) is 36.4 Å². The van der Waals surface area contributed by atoms with Crippen molar-refractivity contribution in [2.75, 3.05) is 0 Å². The molecule has 0 aliphatic carbocycles. The lowest BCUT2D eigenvalue weighted by Crippen LogP contribution is -2.21. The van der Waals surface area contributed by atoms with Gasteiger partial charge < -0.3 is 10.5 Å². The predicted molar refractivity (Wildman–Crippen MR) is 89.4 cm³/mol. The molecule has 3 heteroatoms. The predicted octanol–water partition coefficient (Wildman–Crippen LogP) is 5.03. The molecule has 0 fully saturated rings. The van der Waals surface area contributed by atoms with E-state index in [0.29, 0.717) is 5.02 Å². The zero-order chi connectivity index (χ0) is 15.4. The molecule has 0 aliphatic rings. The van der Waals surface area contributed by atoms with E-state index < -0.39 is 0 Å². The van der Waals surface area contributed by atoms with E-state index in [9.17, 15) is 0 Å².